The van der Waals surface area contributed by atoms with Crippen LogP contribution in [-0.2, 0) is 17.8 Å². The summed E-state index contributed by atoms with van der Waals surface area (Å²) in [6, 6.07) is 11.7. The minimum atomic E-state index is 0.00770. The molecule has 2 aromatic rings. The van der Waals surface area contributed by atoms with Crippen molar-refractivity contribution < 1.29 is 19.0 Å². The largest absolute Gasteiger partial charge is 0.497 e. The lowest BCUT2D eigenvalue weighted by Gasteiger charge is -2.29. The summed E-state index contributed by atoms with van der Waals surface area (Å²) in [4.78, 5) is 14.5. The van der Waals surface area contributed by atoms with Gasteiger partial charge in [-0.1, -0.05) is 12.1 Å². The van der Waals surface area contributed by atoms with E-state index in [1.54, 1.807) is 13.2 Å². The van der Waals surface area contributed by atoms with Crippen molar-refractivity contribution in [2.45, 2.75) is 26.8 Å². The Balaban J connectivity index is 1.71. The molecule has 0 saturated heterocycles. The van der Waals surface area contributed by atoms with Gasteiger partial charge < -0.3 is 19.1 Å². The van der Waals surface area contributed by atoms with Crippen LogP contribution in [0.15, 0.2) is 42.5 Å². The molecule has 1 aliphatic heterocycles. The Labute approximate surface area is 166 Å². The highest BCUT2D eigenvalue weighted by molar-refractivity contribution is 5.92. The first-order valence-electron chi connectivity index (χ1n) is 9.67. The van der Waals surface area contributed by atoms with Gasteiger partial charge in [0.2, 0.25) is 5.91 Å². The van der Waals surface area contributed by atoms with Crippen molar-refractivity contribution in [1.82, 2.24) is 4.90 Å². The molecule has 1 amide bonds. The molecule has 0 saturated carbocycles. The molecular formula is C23H27NO4. The van der Waals surface area contributed by atoms with Gasteiger partial charge in [-0.05, 0) is 67.3 Å². The van der Waals surface area contributed by atoms with E-state index in [0.29, 0.717) is 26.3 Å². The molecular weight excluding hydrogens is 354 g/mol. The monoisotopic (exact) mass is 381 g/mol. The molecule has 0 unspecified atom stereocenters. The quantitative estimate of drug-likeness (QED) is 0.678. The van der Waals surface area contributed by atoms with E-state index in [4.69, 9.17) is 14.2 Å². The third kappa shape index (κ3) is 4.66. The predicted molar refractivity (Wildman–Crippen MR) is 110 cm³/mol. The Kier molecular flexibility index (Phi) is 6.58. The smallest absolute Gasteiger partial charge is 0.246 e. The highest BCUT2D eigenvalue weighted by Crippen LogP contribution is 2.34. The maximum absolute atomic E-state index is 12.6. The standard InChI is InChI=1S/C23H27NO4/c1-4-27-21-14-18-12-13-24(16-19(18)15-22(21)28-5-2)23(25)11-8-17-6-9-20(26-3)10-7-17/h6-11,14-15H,4-5,12-13,16H2,1-3H3/b11-8+. The van der Waals surface area contributed by atoms with Gasteiger partial charge in [-0.25, -0.2) is 0 Å². The number of nitrogens with zero attached hydrogens (tertiary/aromatic N) is 1. The first kappa shape index (κ1) is 19.8. The molecule has 5 nitrogen and oxygen atoms in total. The Morgan fingerprint density at radius 2 is 1.68 bits per heavy atom. The van der Waals surface area contributed by atoms with Gasteiger partial charge in [-0.3, -0.25) is 4.79 Å². The lowest BCUT2D eigenvalue weighted by atomic mass is 9.98. The summed E-state index contributed by atoms with van der Waals surface area (Å²) in [7, 11) is 1.64. The van der Waals surface area contributed by atoms with Crippen LogP contribution in [0.3, 0.4) is 0 Å². The van der Waals surface area contributed by atoms with Crippen molar-refractivity contribution >= 4 is 12.0 Å². The highest BCUT2D eigenvalue weighted by atomic mass is 16.5. The molecule has 0 N–H and O–H groups in total. The first-order chi connectivity index (χ1) is 13.6. The van der Waals surface area contributed by atoms with Gasteiger partial charge in [-0.2, -0.15) is 0 Å². The van der Waals surface area contributed by atoms with E-state index in [1.165, 1.54) is 5.56 Å². The molecule has 0 radical (unpaired) electrons. The van der Waals surface area contributed by atoms with Crippen LogP contribution in [0, 0.1) is 0 Å². The summed E-state index contributed by atoms with van der Waals surface area (Å²) in [5.74, 6) is 2.33. The van der Waals surface area contributed by atoms with E-state index in [1.807, 2.05) is 55.2 Å². The Morgan fingerprint density at radius 1 is 1.04 bits per heavy atom. The fourth-order valence-electron chi connectivity index (χ4n) is 3.28. The Hall–Kier alpha value is -2.95. The average molecular weight is 381 g/mol. The highest BCUT2D eigenvalue weighted by Gasteiger charge is 2.22. The van der Waals surface area contributed by atoms with Gasteiger partial charge in [-0.15, -0.1) is 0 Å². The molecule has 3 rings (SSSR count). The fourth-order valence-corrected chi connectivity index (χ4v) is 3.28. The predicted octanol–water partition coefficient (Wildman–Crippen LogP) is 4.09. The molecule has 5 heteroatoms. The molecule has 148 valence electrons. The molecule has 0 atom stereocenters. The van der Waals surface area contributed by atoms with Crippen LogP contribution in [0.1, 0.15) is 30.5 Å². The van der Waals surface area contributed by atoms with Crippen LogP contribution in [0.5, 0.6) is 17.2 Å². The Morgan fingerprint density at radius 3 is 2.29 bits per heavy atom. The second kappa shape index (κ2) is 9.31. The maximum atomic E-state index is 12.6. The van der Waals surface area contributed by atoms with E-state index in [-0.39, 0.29) is 5.91 Å². The molecule has 0 bridgehead atoms. The molecule has 0 aliphatic carbocycles. The zero-order valence-corrected chi connectivity index (χ0v) is 16.7. The van der Waals surface area contributed by atoms with Crippen LogP contribution >= 0.6 is 0 Å². The summed E-state index contributed by atoms with van der Waals surface area (Å²) < 4.78 is 16.6. The molecule has 1 heterocycles. The normalized spacial score (nSPS) is 13.3. The number of carbonyl (C=O) groups is 1. The SMILES string of the molecule is CCOc1cc2c(cc1OCC)CN(C(=O)/C=C/c1ccc(OC)cc1)CC2. The van der Waals surface area contributed by atoms with E-state index >= 15 is 0 Å². The summed E-state index contributed by atoms with van der Waals surface area (Å²) in [6.07, 6.45) is 4.27. The van der Waals surface area contributed by atoms with Crippen molar-refractivity contribution in [3.63, 3.8) is 0 Å². The van der Waals surface area contributed by atoms with Gasteiger partial charge in [0.15, 0.2) is 11.5 Å². The van der Waals surface area contributed by atoms with Crippen molar-refractivity contribution in [3.8, 4) is 17.2 Å². The van der Waals surface area contributed by atoms with Crippen LogP contribution < -0.4 is 14.2 Å². The van der Waals surface area contributed by atoms with Gasteiger partial charge in [0.25, 0.3) is 0 Å². The van der Waals surface area contributed by atoms with Crippen molar-refractivity contribution in [1.29, 1.82) is 0 Å². The lowest BCUT2D eigenvalue weighted by Crippen LogP contribution is -2.34. The van der Waals surface area contributed by atoms with Gasteiger partial charge in [0, 0.05) is 19.2 Å². The molecule has 0 fully saturated rings. The second-order valence-corrected chi connectivity index (χ2v) is 6.55. The van der Waals surface area contributed by atoms with Crippen LogP contribution in [0.2, 0.25) is 0 Å². The molecule has 28 heavy (non-hydrogen) atoms. The number of benzene rings is 2. The number of hydrogen-bond acceptors (Lipinski definition) is 4. The molecule has 2 aromatic carbocycles. The third-order valence-electron chi connectivity index (χ3n) is 4.72. The summed E-state index contributed by atoms with van der Waals surface area (Å²) in [6.45, 7) is 6.36. The summed E-state index contributed by atoms with van der Waals surface area (Å²) in [5.41, 5.74) is 3.30. The topological polar surface area (TPSA) is 48.0 Å². The van der Waals surface area contributed by atoms with E-state index in [0.717, 1.165) is 34.8 Å². The number of ether oxygens (including phenoxy) is 3. The van der Waals surface area contributed by atoms with Crippen LogP contribution in [-0.4, -0.2) is 37.7 Å². The van der Waals surface area contributed by atoms with Crippen molar-refractivity contribution in [2.24, 2.45) is 0 Å². The second-order valence-electron chi connectivity index (χ2n) is 6.55. The van der Waals surface area contributed by atoms with Crippen molar-refractivity contribution in [3.05, 3.63) is 59.2 Å². The number of fused-ring (bicyclic) bond motifs is 1. The fraction of sp³-hybridized carbons (Fsp3) is 0.348. The van der Waals surface area contributed by atoms with E-state index in [9.17, 15) is 4.79 Å². The van der Waals surface area contributed by atoms with Crippen LogP contribution in [0.4, 0.5) is 0 Å². The maximum Gasteiger partial charge on any atom is 0.246 e. The number of hydrogen-bond donors (Lipinski definition) is 0. The number of rotatable bonds is 7. The molecule has 0 aromatic heterocycles. The average Bonchev–Trinajstić information content (AvgIpc) is 2.73. The molecule has 1 aliphatic rings. The minimum Gasteiger partial charge on any atom is -0.497 e. The van der Waals surface area contributed by atoms with Crippen LogP contribution in [0.25, 0.3) is 6.08 Å². The van der Waals surface area contributed by atoms with E-state index in [2.05, 4.69) is 6.07 Å². The van der Waals surface area contributed by atoms with Gasteiger partial charge >= 0.3 is 0 Å². The number of amides is 1. The van der Waals surface area contributed by atoms with E-state index < -0.39 is 0 Å². The van der Waals surface area contributed by atoms with Gasteiger partial charge in [0.05, 0.1) is 20.3 Å². The third-order valence-corrected chi connectivity index (χ3v) is 4.72. The number of methoxy groups -OCH3 is 1. The zero-order chi connectivity index (χ0) is 19.9. The van der Waals surface area contributed by atoms with Crippen molar-refractivity contribution in [2.75, 3.05) is 26.9 Å². The minimum absolute atomic E-state index is 0.00770. The van der Waals surface area contributed by atoms with Gasteiger partial charge in [0.1, 0.15) is 5.75 Å². The summed E-state index contributed by atoms with van der Waals surface area (Å²) in [5, 5.41) is 0. The Bertz CT molecular complexity index is 842. The number of carbonyl (C=O) groups excluding carboxylic acids is 1. The first-order valence-corrected chi connectivity index (χ1v) is 9.67. The summed E-state index contributed by atoms with van der Waals surface area (Å²) >= 11 is 0. The zero-order valence-electron chi connectivity index (χ0n) is 16.7. The lowest BCUT2D eigenvalue weighted by molar-refractivity contribution is -0.126. The molecule has 0 spiro atoms.